The SMILES string of the molecule is N#Cc1ccc(O[C@@H]2CO[C@H]3[C@@H]2OC[C@@H]3Oc2cccc(C#N)c2)cc1. The lowest BCUT2D eigenvalue weighted by Gasteiger charge is -2.18. The zero-order valence-corrected chi connectivity index (χ0v) is 13.9. The van der Waals surface area contributed by atoms with Crippen molar-refractivity contribution in [2.45, 2.75) is 24.4 Å². The number of ether oxygens (including phenoxy) is 4. The minimum atomic E-state index is -0.247. The largest absolute Gasteiger partial charge is 0.485 e. The summed E-state index contributed by atoms with van der Waals surface area (Å²) in [5.74, 6) is 1.30. The average molecular weight is 348 g/mol. The van der Waals surface area contributed by atoms with Crippen molar-refractivity contribution in [2.75, 3.05) is 13.2 Å². The van der Waals surface area contributed by atoms with Gasteiger partial charge in [-0.05, 0) is 42.5 Å². The van der Waals surface area contributed by atoms with Crippen LogP contribution in [0.25, 0.3) is 0 Å². The molecular formula is C20H16N2O4. The number of nitriles is 2. The predicted octanol–water partition coefficient (Wildman–Crippen LogP) is 2.42. The summed E-state index contributed by atoms with van der Waals surface area (Å²) in [6.07, 6.45) is -0.908. The molecule has 4 rings (SSSR count). The van der Waals surface area contributed by atoms with E-state index in [1.54, 1.807) is 42.5 Å². The first-order valence-electron chi connectivity index (χ1n) is 8.33. The van der Waals surface area contributed by atoms with Crippen molar-refractivity contribution in [3.05, 3.63) is 59.7 Å². The quantitative estimate of drug-likeness (QED) is 0.844. The van der Waals surface area contributed by atoms with Gasteiger partial charge in [0, 0.05) is 0 Å². The van der Waals surface area contributed by atoms with E-state index in [-0.39, 0.29) is 24.4 Å². The molecule has 2 aliphatic rings. The highest BCUT2D eigenvalue weighted by Gasteiger charge is 2.50. The molecule has 2 heterocycles. The molecule has 0 spiro atoms. The van der Waals surface area contributed by atoms with Crippen LogP contribution in [0.4, 0.5) is 0 Å². The Morgan fingerprint density at radius 3 is 2.00 bits per heavy atom. The molecule has 130 valence electrons. The van der Waals surface area contributed by atoms with Crippen molar-refractivity contribution in [1.82, 2.24) is 0 Å². The molecule has 2 aliphatic heterocycles. The second-order valence-electron chi connectivity index (χ2n) is 6.18. The molecule has 2 saturated heterocycles. The molecule has 4 atom stereocenters. The molecule has 0 unspecified atom stereocenters. The van der Waals surface area contributed by atoms with E-state index in [2.05, 4.69) is 12.1 Å². The van der Waals surface area contributed by atoms with Gasteiger partial charge in [-0.1, -0.05) is 6.07 Å². The van der Waals surface area contributed by atoms with Crippen molar-refractivity contribution < 1.29 is 18.9 Å². The van der Waals surface area contributed by atoms with Gasteiger partial charge in [-0.2, -0.15) is 10.5 Å². The molecule has 0 aliphatic carbocycles. The van der Waals surface area contributed by atoms with Crippen LogP contribution in [0.3, 0.4) is 0 Å². The Kier molecular flexibility index (Phi) is 4.45. The van der Waals surface area contributed by atoms with Crippen LogP contribution in [-0.2, 0) is 9.47 Å². The van der Waals surface area contributed by atoms with Gasteiger partial charge in [0.1, 0.15) is 23.7 Å². The fourth-order valence-corrected chi connectivity index (χ4v) is 3.23. The maximum atomic E-state index is 8.99. The van der Waals surface area contributed by atoms with Gasteiger partial charge in [-0.25, -0.2) is 0 Å². The van der Waals surface area contributed by atoms with Gasteiger partial charge < -0.3 is 18.9 Å². The lowest BCUT2D eigenvalue weighted by Crippen LogP contribution is -2.36. The van der Waals surface area contributed by atoms with E-state index in [9.17, 15) is 0 Å². The first kappa shape index (κ1) is 16.4. The zero-order chi connectivity index (χ0) is 17.9. The number of benzene rings is 2. The van der Waals surface area contributed by atoms with Gasteiger partial charge in [-0.15, -0.1) is 0 Å². The van der Waals surface area contributed by atoms with Crippen LogP contribution in [0.1, 0.15) is 11.1 Å². The highest BCUT2D eigenvalue weighted by molar-refractivity contribution is 5.36. The minimum Gasteiger partial charge on any atom is -0.485 e. The molecule has 6 nitrogen and oxygen atoms in total. The minimum absolute atomic E-state index is 0.213. The smallest absolute Gasteiger partial charge is 0.151 e. The van der Waals surface area contributed by atoms with E-state index >= 15 is 0 Å². The van der Waals surface area contributed by atoms with E-state index in [1.807, 2.05) is 6.07 Å². The number of rotatable bonds is 4. The van der Waals surface area contributed by atoms with Crippen molar-refractivity contribution in [1.29, 1.82) is 10.5 Å². The molecule has 0 aromatic heterocycles. The Bertz CT molecular complexity index is 869. The van der Waals surface area contributed by atoms with Crippen LogP contribution in [0, 0.1) is 22.7 Å². The lowest BCUT2D eigenvalue weighted by molar-refractivity contribution is 0.0181. The Balaban J connectivity index is 1.40. The Morgan fingerprint density at radius 1 is 0.769 bits per heavy atom. The summed E-state index contributed by atoms with van der Waals surface area (Å²) in [5, 5.41) is 17.8. The van der Waals surface area contributed by atoms with Crippen molar-refractivity contribution >= 4 is 0 Å². The van der Waals surface area contributed by atoms with E-state index in [0.717, 1.165) is 0 Å². The summed E-state index contributed by atoms with van der Waals surface area (Å²) in [4.78, 5) is 0. The molecule has 2 aromatic rings. The van der Waals surface area contributed by atoms with Gasteiger partial charge in [0.2, 0.25) is 0 Å². The van der Waals surface area contributed by atoms with Crippen molar-refractivity contribution in [2.24, 2.45) is 0 Å². The summed E-state index contributed by atoms with van der Waals surface area (Å²) in [6.45, 7) is 0.812. The van der Waals surface area contributed by atoms with Gasteiger partial charge >= 0.3 is 0 Å². The topological polar surface area (TPSA) is 84.5 Å². The number of hydrogen-bond donors (Lipinski definition) is 0. The normalized spacial score (nSPS) is 26.5. The molecular weight excluding hydrogens is 332 g/mol. The van der Waals surface area contributed by atoms with Crippen LogP contribution in [-0.4, -0.2) is 37.6 Å². The van der Waals surface area contributed by atoms with Crippen LogP contribution >= 0.6 is 0 Å². The fourth-order valence-electron chi connectivity index (χ4n) is 3.23. The van der Waals surface area contributed by atoms with Crippen molar-refractivity contribution in [3.8, 4) is 23.6 Å². The number of nitrogens with zero attached hydrogens (tertiary/aromatic N) is 2. The first-order valence-corrected chi connectivity index (χ1v) is 8.33. The second kappa shape index (κ2) is 7.05. The Morgan fingerprint density at radius 2 is 1.38 bits per heavy atom. The average Bonchev–Trinajstić information content (AvgIpc) is 3.26. The summed E-state index contributed by atoms with van der Waals surface area (Å²) < 4.78 is 23.6. The number of hydrogen-bond acceptors (Lipinski definition) is 6. The molecule has 2 aromatic carbocycles. The summed E-state index contributed by atoms with van der Waals surface area (Å²) in [7, 11) is 0. The Hall–Kier alpha value is -3.06. The third-order valence-corrected chi connectivity index (χ3v) is 4.48. The predicted molar refractivity (Wildman–Crippen MR) is 90.6 cm³/mol. The maximum absolute atomic E-state index is 8.99. The first-order chi connectivity index (χ1) is 12.8. The van der Waals surface area contributed by atoms with Crippen LogP contribution in [0.2, 0.25) is 0 Å². The van der Waals surface area contributed by atoms with Gasteiger partial charge in [-0.3, -0.25) is 0 Å². The molecule has 2 fully saturated rings. The van der Waals surface area contributed by atoms with Crippen LogP contribution < -0.4 is 9.47 Å². The second-order valence-corrected chi connectivity index (χ2v) is 6.18. The third kappa shape index (κ3) is 3.21. The molecule has 0 radical (unpaired) electrons. The maximum Gasteiger partial charge on any atom is 0.151 e. The standard InChI is InChI=1S/C20H16N2O4/c21-9-13-4-6-15(7-5-13)25-17-11-23-20-18(12-24-19(17)20)26-16-3-1-2-14(8-16)10-22/h1-8,17-20H,11-12H2/t17-,18+,19-,20-/m1/s1. The van der Waals surface area contributed by atoms with Gasteiger partial charge in [0.15, 0.2) is 12.2 Å². The molecule has 6 heteroatoms. The highest BCUT2D eigenvalue weighted by atomic mass is 16.6. The highest BCUT2D eigenvalue weighted by Crippen LogP contribution is 2.32. The molecule has 0 saturated carbocycles. The van der Waals surface area contributed by atoms with Crippen LogP contribution in [0.5, 0.6) is 11.5 Å². The van der Waals surface area contributed by atoms with Crippen LogP contribution in [0.15, 0.2) is 48.5 Å². The van der Waals surface area contributed by atoms with Gasteiger partial charge in [0.05, 0.1) is 36.5 Å². The lowest BCUT2D eigenvalue weighted by atomic mass is 10.1. The summed E-state index contributed by atoms with van der Waals surface area (Å²) in [5.41, 5.74) is 1.13. The van der Waals surface area contributed by atoms with Gasteiger partial charge in [0.25, 0.3) is 0 Å². The zero-order valence-electron chi connectivity index (χ0n) is 13.9. The van der Waals surface area contributed by atoms with E-state index < -0.39 is 0 Å². The molecule has 0 amide bonds. The van der Waals surface area contributed by atoms with E-state index in [4.69, 9.17) is 29.5 Å². The molecule has 0 bridgehead atoms. The van der Waals surface area contributed by atoms with E-state index in [0.29, 0.717) is 35.8 Å². The van der Waals surface area contributed by atoms with Crippen molar-refractivity contribution in [3.63, 3.8) is 0 Å². The molecule has 26 heavy (non-hydrogen) atoms. The monoisotopic (exact) mass is 348 g/mol. The summed E-state index contributed by atoms with van der Waals surface area (Å²) >= 11 is 0. The summed E-state index contributed by atoms with van der Waals surface area (Å²) in [6, 6.07) is 18.2. The third-order valence-electron chi connectivity index (χ3n) is 4.48. The molecule has 0 N–H and O–H groups in total. The fraction of sp³-hybridized carbons (Fsp3) is 0.300. The Labute approximate surface area is 151 Å². The van der Waals surface area contributed by atoms with E-state index in [1.165, 1.54) is 0 Å². The number of fused-ring (bicyclic) bond motifs is 1.